The normalized spacial score (nSPS) is 10.3. The highest BCUT2D eigenvalue weighted by Crippen LogP contribution is 2.25. The van der Waals surface area contributed by atoms with Gasteiger partial charge >= 0.3 is 0 Å². The van der Waals surface area contributed by atoms with Crippen molar-refractivity contribution in [2.75, 3.05) is 5.32 Å². The number of carbonyl (C=O) groups is 2. The molecule has 0 aromatic heterocycles. The van der Waals surface area contributed by atoms with Crippen LogP contribution in [0.5, 0.6) is 0 Å². The second kappa shape index (κ2) is 6.49. The molecule has 0 bridgehead atoms. The number of amides is 1. The highest BCUT2D eigenvalue weighted by molar-refractivity contribution is 6.12. The molecule has 1 amide bonds. The first-order valence-electron chi connectivity index (χ1n) is 7.10. The maximum absolute atomic E-state index is 12.5. The Kier molecular flexibility index (Phi) is 4.64. The van der Waals surface area contributed by atoms with Gasteiger partial charge < -0.3 is 15.2 Å². The fourth-order valence-corrected chi connectivity index (χ4v) is 2.65. The minimum absolute atomic E-state index is 0.316. The highest BCUT2D eigenvalue weighted by atomic mass is 16.6. The molecule has 2 rings (SSSR count). The van der Waals surface area contributed by atoms with Gasteiger partial charge in [0.15, 0.2) is 0 Å². The molecule has 0 saturated carbocycles. The van der Waals surface area contributed by atoms with Gasteiger partial charge in [0.1, 0.15) is 0 Å². The molecule has 0 saturated heterocycles. The molecule has 0 heterocycles. The summed E-state index contributed by atoms with van der Waals surface area (Å²) in [7, 11) is 0. The first-order valence-corrected chi connectivity index (χ1v) is 7.10. The maximum atomic E-state index is 12.5. The van der Waals surface area contributed by atoms with E-state index in [4.69, 9.17) is 0 Å². The van der Waals surface area contributed by atoms with E-state index in [1.807, 2.05) is 32.9 Å². The SMILES string of the molecule is Cc1cc(C)c(NC(=O)c2cccc([N+](=O)[O-])c2C(=O)[O-])c(C)c1. The van der Waals surface area contributed by atoms with Crippen molar-refractivity contribution in [1.82, 2.24) is 0 Å². The smallest absolute Gasteiger partial charge is 0.279 e. The van der Waals surface area contributed by atoms with E-state index < -0.39 is 28.1 Å². The number of carboxylic acid groups (broad SMARTS) is 1. The van der Waals surface area contributed by atoms with Crippen LogP contribution in [0.25, 0.3) is 0 Å². The van der Waals surface area contributed by atoms with E-state index in [0.29, 0.717) is 5.69 Å². The van der Waals surface area contributed by atoms with Crippen molar-refractivity contribution in [2.45, 2.75) is 20.8 Å². The number of aryl methyl sites for hydroxylation is 3. The zero-order chi connectivity index (χ0) is 18.0. The summed E-state index contributed by atoms with van der Waals surface area (Å²) in [6.45, 7) is 5.53. The minimum atomic E-state index is -1.77. The third kappa shape index (κ3) is 3.24. The number of carboxylic acids is 1. The van der Waals surface area contributed by atoms with Crippen LogP contribution in [0.15, 0.2) is 30.3 Å². The predicted molar refractivity (Wildman–Crippen MR) is 86.0 cm³/mol. The molecule has 0 atom stereocenters. The average Bonchev–Trinajstić information content (AvgIpc) is 2.49. The van der Waals surface area contributed by atoms with Gasteiger partial charge in [0.2, 0.25) is 0 Å². The van der Waals surface area contributed by atoms with E-state index in [0.717, 1.165) is 22.8 Å². The zero-order valence-electron chi connectivity index (χ0n) is 13.4. The second-order valence-corrected chi connectivity index (χ2v) is 5.47. The lowest BCUT2D eigenvalue weighted by Gasteiger charge is -2.15. The monoisotopic (exact) mass is 327 g/mol. The molecular weight excluding hydrogens is 312 g/mol. The van der Waals surface area contributed by atoms with Gasteiger partial charge in [-0.25, -0.2) is 0 Å². The summed E-state index contributed by atoms with van der Waals surface area (Å²) >= 11 is 0. The van der Waals surface area contributed by atoms with Crippen LogP contribution in [0.2, 0.25) is 0 Å². The van der Waals surface area contributed by atoms with Crippen molar-refractivity contribution in [3.05, 3.63) is 68.3 Å². The van der Waals surface area contributed by atoms with Crippen LogP contribution in [-0.2, 0) is 0 Å². The lowest BCUT2D eigenvalue weighted by Crippen LogP contribution is -2.28. The molecule has 0 aliphatic rings. The van der Waals surface area contributed by atoms with E-state index >= 15 is 0 Å². The summed E-state index contributed by atoms with van der Waals surface area (Å²) in [5, 5.41) is 24.9. The maximum Gasteiger partial charge on any atom is 0.279 e. The molecule has 0 spiro atoms. The molecular formula is C17H15N2O5-. The quantitative estimate of drug-likeness (QED) is 0.683. The number of carbonyl (C=O) groups excluding carboxylic acids is 2. The minimum Gasteiger partial charge on any atom is -0.545 e. The van der Waals surface area contributed by atoms with Gasteiger partial charge in [-0.1, -0.05) is 23.8 Å². The molecule has 0 aliphatic heterocycles. The zero-order valence-corrected chi connectivity index (χ0v) is 13.4. The second-order valence-electron chi connectivity index (χ2n) is 5.47. The third-order valence-corrected chi connectivity index (χ3v) is 3.60. The van der Waals surface area contributed by atoms with Crippen molar-refractivity contribution in [3.8, 4) is 0 Å². The van der Waals surface area contributed by atoms with Gasteiger partial charge in [-0.2, -0.15) is 0 Å². The van der Waals surface area contributed by atoms with Gasteiger partial charge in [-0.05, 0) is 38.0 Å². The number of nitro groups is 1. The van der Waals surface area contributed by atoms with Crippen molar-refractivity contribution < 1.29 is 19.6 Å². The van der Waals surface area contributed by atoms with E-state index in [2.05, 4.69) is 5.32 Å². The number of anilines is 1. The summed E-state index contributed by atoms with van der Waals surface area (Å²) in [6, 6.07) is 7.23. The topological polar surface area (TPSA) is 112 Å². The van der Waals surface area contributed by atoms with Crippen molar-refractivity contribution >= 4 is 23.3 Å². The van der Waals surface area contributed by atoms with Gasteiger partial charge in [0.05, 0.1) is 22.0 Å². The largest absolute Gasteiger partial charge is 0.545 e. The molecule has 0 unspecified atom stereocenters. The molecule has 2 aromatic carbocycles. The number of nitro benzene ring substituents is 1. The fraction of sp³-hybridized carbons (Fsp3) is 0.176. The molecule has 0 fully saturated rings. The van der Waals surface area contributed by atoms with Crippen molar-refractivity contribution in [1.29, 1.82) is 0 Å². The molecule has 7 heteroatoms. The van der Waals surface area contributed by atoms with Crippen LogP contribution < -0.4 is 10.4 Å². The third-order valence-electron chi connectivity index (χ3n) is 3.60. The molecule has 7 nitrogen and oxygen atoms in total. The molecule has 2 aromatic rings. The van der Waals surface area contributed by atoms with Crippen LogP contribution in [0.1, 0.15) is 37.4 Å². The van der Waals surface area contributed by atoms with Crippen molar-refractivity contribution in [2.24, 2.45) is 0 Å². The number of aromatic carboxylic acids is 1. The van der Waals surface area contributed by atoms with E-state index in [1.165, 1.54) is 12.1 Å². The van der Waals surface area contributed by atoms with Gasteiger partial charge in [-0.3, -0.25) is 14.9 Å². The Morgan fingerprint density at radius 1 is 1.08 bits per heavy atom. The number of nitrogens with one attached hydrogen (secondary N) is 1. The van der Waals surface area contributed by atoms with Crippen LogP contribution in [-0.4, -0.2) is 16.8 Å². The summed E-state index contributed by atoms with van der Waals surface area (Å²) in [6.07, 6.45) is 0. The fourth-order valence-electron chi connectivity index (χ4n) is 2.65. The molecule has 124 valence electrons. The van der Waals surface area contributed by atoms with Crippen LogP contribution in [0.3, 0.4) is 0 Å². The standard InChI is InChI=1S/C17H16N2O5/c1-9-7-10(2)15(11(3)8-9)18-16(20)12-5-4-6-13(19(23)24)14(12)17(21)22/h4-8H,1-3H3,(H,18,20)(H,21,22)/p-1. The van der Waals surface area contributed by atoms with Gasteiger partial charge in [-0.15, -0.1) is 0 Å². The Hall–Kier alpha value is -3.22. The summed E-state index contributed by atoms with van der Waals surface area (Å²) in [5.41, 5.74) is 1.45. The van der Waals surface area contributed by atoms with E-state index in [-0.39, 0.29) is 5.56 Å². The Morgan fingerprint density at radius 3 is 2.17 bits per heavy atom. The van der Waals surface area contributed by atoms with E-state index in [1.54, 1.807) is 0 Å². The number of benzene rings is 2. The van der Waals surface area contributed by atoms with Gasteiger partial charge in [0, 0.05) is 11.8 Å². The summed E-state index contributed by atoms with van der Waals surface area (Å²) in [4.78, 5) is 33.9. The number of hydrogen-bond acceptors (Lipinski definition) is 5. The van der Waals surface area contributed by atoms with Crippen LogP contribution in [0, 0.1) is 30.9 Å². The van der Waals surface area contributed by atoms with Crippen LogP contribution in [0.4, 0.5) is 11.4 Å². The van der Waals surface area contributed by atoms with Crippen molar-refractivity contribution in [3.63, 3.8) is 0 Å². The Bertz CT molecular complexity index is 835. The lowest BCUT2D eigenvalue weighted by atomic mass is 10.0. The first-order chi connectivity index (χ1) is 11.2. The predicted octanol–water partition coefficient (Wildman–Crippen LogP) is 2.14. The Balaban J connectivity index is 2.50. The number of hydrogen-bond donors (Lipinski definition) is 1. The number of nitrogens with zero attached hydrogens (tertiary/aromatic N) is 1. The Labute approximate surface area is 138 Å². The van der Waals surface area contributed by atoms with E-state index in [9.17, 15) is 24.8 Å². The molecule has 1 N–H and O–H groups in total. The van der Waals surface area contributed by atoms with Gasteiger partial charge in [0.25, 0.3) is 11.6 Å². The Morgan fingerprint density at radius 2 is 1.67 bits per heavy atom. The first kappa shape index (κ1) is 17.1. The number of rotatable bonds is 4. The lowest BCUT2D eigenvalue weighted by molar-refractivity contribution is -0.385. The summed E-state index contributed by atoms with van der Waals surface area (Å²) < 4.78 is 0. The molecule has 0 aliphatic carbocycles. The summed E-state index contributed by atoms with van der Waals surface area (Å²) in [5.74, 6) is -2.52. The van der Waals surface area contributed by atoms with Crippen LogP contribution >= 0.6 is 0 Å². The average molecular weight is 327 g/mol. The molecule has 0 radical (unpaired) electrons. The molecule has 24 heavy (non-hydrogen) atoms. The highest BCUT2D eigenvalue weighted by Gasteiger charge is 2.23.